The summed E-state index contributed by atoms with van der Waals surface area (Å²) in [5.74, 6) is -0.868. The number of fused-ring (bicyclic) bond motifs is 1. The lowest BCUT2D eigenvalue weighted by Crippen LogP contribution is -2.05. The first-order chi connectivity index (χ1) is 10.4. The monoisotopic (exact) mass is 302 g/mol. The fraction of sp³-hybridized carbons (Fsp3) is 0.176. The van der Waals surface area contributed by atoms with Crippen LogP contribution in [0.5, 0.6) is 0 Å². The molecule has 1 amide bonds. The molecule has 1 heterocycles. The van der Waals surface area contributed by atoms with Gasteiger partial charge in [0.05, 0.1) is 0 Å². The second-order valence-corrected chi connectivity index (χ2v) is 5.02. The van der Waals surface area contributed by atoms with E-state index in [4.69, 9.17) is 0 Å². The van der Waals surface area contributed by atoms with Gasteiger partial charge in [-0.2, -0.15) is 0 Å². The van der Waals surface area contributed by atoms with Crippen molar-refractivity contribution in [2.75, 3.05) is 5.32 Å². The van der Waals surface area contributed by atoms with Gasteiger partial charge in [0.15, 0.2) is 0 Å². The van der Waals surface area contributed by atoms with Crippen molar-refractivity contribution in [1.29, 1.82) is 0 Å². The fourth-order valence-electron chi connectivity index (χ4n) is 2.03. The van der Waals surface area contributed by atoms with Gasteiger partial charge in [0.2, 0.25) is 0 Å². The second kappa shape index (κ2) is 6.47. The highest BCUT2D eigenvalue weighted by Crippen LogP contribution is 2.34. The second-order valence-electron chi connectivity index (χ2n) is 5.02. The van der Waals surface area contributed by atoms with Crippen molar-refractivity contribution in [1.82, 2.24) is 0 Å². The van der Waals surface area contributed by atoms with E-state index >= 15 is 0 Å². The van der Waals surface area contributed by atoms with E-state index in [1.165, 1.54) is 30.5 Å². The van der Waals surface area contributed by atoms with Crippen LogP contribution in [0.4, 0.5) is 14.5 Å². The molecule has 3 nitrogen and oxygen atoms in total. The van der Waals surface area contributed by atoms with Gasteiger partial charge in [-0.15, -0.1) is 0 Å². The number of nitrogens with one attached hydrogen (secondary N) is 1. The molecule has 114 valence electrons. The normalized spacial score (nSPS) is 17.3. The van der Waals surface area contributed by atoms with Crippen molar-refractivity contribution >= 4 is 23.4 Å². The molecule has 0 aliphatic carbocycles. The van der Waals surface area contributed by atoms with Crippen molar-refractivity contribution < 1.29 is 13.6 Å². The summed E-state index contributed by atoms with van der Waals surface area (Å²) in [5, 5.41) is 2.60. The Morgan fingerprint density at radius 2 is 2.18 bits per heavy atom. The molecule has 5 heteroatoms. The number of halogens is 2. The van der Waals surface area contributed by atoms with Gasteiger partial charge in [0.1, 0.15) is 12.0 Å². The Morgan fingerprint density at radius 3 is 2.86 bits per heavy atom. The predicted molar refractivity (Wildman–Crippen MR) is 85.1 cm³/mol. The maximum Gasteiger partial charge on any atom is 0.256 e. The number of hydrogen-bond donors (Lipinski definition) is 1. The SMILES string of the molecule is C=C(C)N=CC=CC(F)/C=C1/C(=O)Nc2cc(C)c(F)cc21. The standard InChI is InChI=1S/C17H16F2N2O/c1-10(2)20-6-4-5-12(18)8-14-13-9-15(19)11(3)7-16(13)21-17(14)22/h4-9,12H,1H2,2-3H3,(H,21,22)/b5-4?,14-8+,20-6?. The number of nitrogens with zero attached hydrogens (tertiary/aromatic N) is 1. The number of alkyl halides is 1. The first kappa shape index (κ1) is 15.8. The summed E-state index contributed by atoms with van der Waals surface area (Å²) in [5.41, 5.74) is 2.03. The number of hydrogen-bond acceptors (Lipinski definition) is 2. The summed E-state index contributed by atoms with van der Waals surface area (Å²) in [6.45, 7) is 6.90. The Kier molecular flexibility index (Phi) is 4.65. The van der Waals surface area contributed by atoms with Crippen molar-refractivity contribution in [2.45, 2.75) is 20.0 Å². The highest BCUT2D eigenvalue weighted by Gasteiger charge is 2.26. The molecular formula is C17H16F2N2O. The molecule has 1 aromatic rings. The van der Waals surface area contributed by atoms with E-state index < -0.39 is 17.9 Å². The van der Waals surface area contributed by atoms with Crippen LogP contribution in [0.15, 0.2) is 47.6 Å². The minimum Gasteiger partial charge on any atom is -0.321 e. The van der Waals surface area contributed by atoms with Crippen molar-refractivity contribution in [3.05, 3.63) is 59.6 Å². The molecule has 1 aliphatic heterocycles. The van der Waals surface area contributed by atoms with E-state index in [0.717, 1.165) is 6.08 Å². The van der Waals surface area contributed by atoms with Gasteiger partial charge >= 0.3 is 0 Å². The molecule has 1 unspecified atom stereocenters. The Labute approximate surface area is 127 Å². The zero-order valence-electron chi connectivity index (χ0n) is 12.4. The minimum atomic E-state index is -1.48. The van der Waals surface area contributed by atoms with E-state index in [1.54, 1.807) is 13.8 Å². The van der Waals surface area contributed by atoms with Gasteiger partial charge in [0, 0.05) is 28.7 Å². The lowest BCUT2D eigenvalue weighted by atomic mass is 10.0. The highest BCUT2D eigenvalue weighted by molar-refractivity contribution is 6.31. The summed E-state index contributed by atoms with van der Waals surface area (Å²) in [6.07, 6.45) is 3.77. The predicted octanol–water partition coefficient (Wildman–Crippen LogP) is 3.97. The number of carbonyl (C=O) groups excluding carboxylic acids is 1. The van der Waals surface area contributed by atoms with Gasteiger partial charge < -0.3 is 5.32 Å². The molecule has 0 saturated heterocycles. The van der Waals surface area contributed by atoms with Gasteiger partial charge in [-0.3, -0.25) is 9.79 Å². The number of aliphatic imine (C=N–C) groups is 1. The average Bonchev–Trinajstić information content (AvgIpc) is 2.71. The smallest absolute Gasteiger partial charge is 0.256 e. The lowest BCUT2D eigenvalue weighted by molar-refractivity contribution is -0.110. The summed E-state index contributed by atoms with van der Waals surface area (Å²) in [4.78, 5) is 15.8. The number of carbonyl (C=O) groups is 1. The van der Waals surface area contributed by atoms with Gasteiger partial charge in [0.25, 0.3) is 5.91 Å². The molecular weight excluding hydrogens is 286 g/mol. The molecule has 2 rings (SSSR count). The van der Waals surface area contributed by atoms with Crippen LogP contribution < -0.4 is 5.32 Å². The zero-order chi connectivity index (χ0) is 16.3. The molecule has 0 spiro atoms. The Bertz CT molecular complexity index is 718. The molecule has 1 aromatic carbocycles. The number of amides is 1. The van der Waals surface area contributed by atoms with E-state index in [9.17, 15) is 13.6 Å². The number of allylic oxidation sites excluding steroid dienone is 4. The van der Waals surface area contributed by atoms with E-state index in [-0.39, 0.29) is 5.57 Å². The third kappa shape index (κ3) is 3.55. The molecule has 0 fully saturated rings. The summed E-state index contributed by atoms with van der Waals surface area (Å²) >= 11 is 0. The van der Waals surface area contributed by atoms with Crippen molar-refractivity contribution in [3.63, 3.8) is 0 Å². The topological polar surface area (TPSA) is 41.5 Å². The fourth-order valence-corrected chi connectivity index (χ4v) is 2.03. The highest BCUT2D eigenvalue weighted by atomic mass is 19.1. The van der Waals surface area contributed by atoms with Gasteiger partial charge in [-0.25, -0.2) is 8.78 Å². The molecule has 1 atom stereocenters. The Hall–Kier alpha value is -2.56. The molecule has 1 N–H and O–H groups in total. The lowest BCUT2D eigenvalue weighted by Gasteiger charge is -2.02. The Morgan fingerprint density at radius 1 is 1.45 bits per heavy atom. The molecule has 0 saturated carbocycles. The van der Waals surface area contributed by atoms with Crippen LogP contribution >= 0.6 is 0 Å². The van der Waals surface area contributed by atoms with Crippen LogP contribution in [-0.2, 0) is 4.79 Å². The third-order valence-corrected chi connectivity index (χ3v) is 3.08. The molecule has 1 aliphatic rings. The average molecular weight is 302 g/mol. The molecule has 0 bridgehead atoms. The van der Waals surface area contributed by atoms with E-state index in [0.29, 0.717) is 22.5 Å². The molecule has 22 heavy (non-hydrogen) atoms. The maximum atomic E-state index is 13.9. The number of benzene rings is 1. The third-order valence-electron chi connectivity index (χ3n) is 3.08. The van der Waals surface area contributed by atoms with Crippen LogP contribution in [0.2, 0.25) is 0 Å². The molecule has 0 radical (unpaired) electrons. The van der Waals surface area contributed by atoms with E-state index in [1.807, 2.05) is 0 Å². The quantitative estimate of drug-likeness (QED) is 0.663. The van der Waals surface area contributed by atoms with Gasteiger partial charge in [-0.1, -0.05) is 6.58 Å². The van der Waals surface area contributed by atoms with Crippen LogP contribution in [0.25, 0.3) is 5.57 Å². The van der Waals surface area contributed by atoms with Crippen LogP contribution in [0, 0.1) is 12.7 Å². The summed E-state index contributed by atoms with van der Waals surface area (Å²) < 4.78 is 27.5. The largest absolute Gasteiger partial charge is 0.321 e. The first-order valence-corrected chi connectivity index (χ1v) is 6.72. The van der Waals surface area contributed by atoms with Crippen molar-refractivity contribution in [3.8, 4) is 0 Å². The minimum absolute atomic E-state index is 0.128. The van der Waals surface area contributed by atoms with Crippen LogP contribution in [0.1, 0.15) is 18.1 Å². The Balaban J connectivity index is 2.24. The first-order valence-electron chi connectivity index (χ1n) is 6.72. The number of rotatable bonds is 4. The summed E-state index contributed by atoms with van der Waals surface area (Å²) in [7, 11) is 0. The zero-order valence-corrected chi connectivity index (χ0v) is 12.4. The van der Waals surface area contributed by atoms with Crippen LogP contribution in [-0.4, -0.2) is 18.3 Å². The van der Waals surface area contributed by atoms with E-state index in [2.05, 4.69) is 16.9 Å². The van der Waals surface area contributed by atoms with Crippen LogP contribution in [0.3, 0.4) is 0 Å². The summed E-state index contributed by atoms with van der Waals surface area (Å²) in [6, 6.07) is 2.78. The van der Waals surface area contributed by atoms with Gasteiger partial charge in [-0.05, 0) is 49.8 Å². The van der Waals surface area contributed by atoms with Crippen molar-refractivity contribution in [2.24, 2.45) is 4.99 Å². The maximum absolute atomic E-state index is 13.9. The number of aryl methyl sites for hydroxylation is 1. The molecule has 0 aromatic heterocycles. The number of anilines is 1.